The van der Waals surface area contributed by atoms with Gasteiger partial charge in [-0.2, -0.15) is 4.72 Å². The first-order valence-corrected chi connectivity index (χ1v) is 13.0. The molecule has 4 rings (SSSR count). The lowest BCUT2D eigenvalue weighted by atomic mass is 10.0. The summed E-state index contributed by atoms with van der Waals surface area (Å²) in [6, 6.07) is 28.9. The van der Waals surface area contributed by atoms with Crippen LogP contribution in [0.4, 0.5) is 5.69 Å². The maximum absolute atomic E-state index is 13.4. The first-order chi connectivity index (χ1) is 17.3. The van der Waals surface area contributed by atoms with Gasteiger partial charge < -0.3 is 5.32 Å². The number of nitrogens with one attached hydrogen (secondary N) is 2. The van der Waals surface area contributed by atoms with Gasteiger partial charge in [-0.15, -0.1) is 0 Å². The van der Waals surface area contributed by atoms with Crippen molar-refractivity contribution in [3.63, 3.8) is 0 Å². The fourth-order valence-corrected chi connectivity index (χ4v) is 5.06. The van der Waals surface area contributed by atoms with Gasteiger partial charge >= 0.3 is 0 Å². The third kappa shape index (κ3) is 6.26. The van der Waals surface area contributed by atoms with E-state index < -0.39 is 22.0 Å². The zero-order valence-corrected chi connectivity index (χ0v) is 20.7. The van der Waals surface area contributed by atoms with Gasteiger partial charge in [-0.3, -0.25) is 9.59 Å². The number of hydrogen-bond acceptors (Lipinski definition) is 4. The van der Waals surface area contributed by atoms with E-state index in [0.29, 0.717) is 10.6 Å². The van der Waals surface area contributed by atoms with Crippen molar-refractivity contribution in [2.45, 2.75) is 17.4 Å². The predicted octanol–water partition coefficient (Wildman–Crippen LogP) is 5.10. The third-order valence-corrected chi connectivity index (χ3v) is 7.19. The molecular weight excluding hydrogens is 496 g/mol. The molecule has 4 aromatic rings. The van der Waals surface area contributed by atoms with Crippen LogP contribution >= 0.6 is 11.6 Å². The summed E-state index contributed by atoms with van der Waals surface area (Å²) in [6.45, 7) is 0. The summed E-state index contributed by atoms with van der Waals surface area (Å²) in [5.74, 6) is -0.930. The quantitative estimate of drug-likeness (QED) is 0.301. The minimum atomic E-state index is -3.99. The SMILES string of the molecule is O=C(c1ccccc1)c1cc(Cl)ccc1NC(=O)[C@@H](Cc1ccccc1)NS(=O)(=O)c1ccccc1. The molecule has 4 aromatic carbocycles. The molecule has 0 spiro atoms. The van der Waals surface area contributed by atoms with Crippen LogP contribution in [0, 0.1) is 0 Å². The van der Waals surface area contributed by atoms with Crippen LogP contribution < -0.4 is 10.0 Å². The van der Waals surface area contributed by atoms with E-state index >= 15 is 0 Å². The van der Waals surface area contributed by atoms with Gasteiger partial charge in [0.15, 0.2) is 5.78 Å². The Balaban J connectivity index is 1.65. The van der Waals surface area contributed by atoms with Gasteiger partial charge in [-0.05, 0) is 42.3 Å². The first-order valence-electron chi connectivity index (χ1n) is 11.1. The van der Waals surface area contributed by atoms with Crippen molar-refractivity contribution >= 4 is 39.0 Å². The monoisotopic (exact) mass is 518 g/mol. The summed E-state index contributed by atoms with van der Waals surface area (Å²) in [5.41, 5.74) is 1.63. The molecule has 0 radical (unpaired) electrons. The van der Waals surface area contributed by atoms with Crippen molar-refractivity contribution in [1.29, 1.82) is 0 Å². The van der Waals surface area contributed by atoms with Gasteiger partial charge in [0.05, 0.1) is 10.6 Å². The van der Waals surface area contributed by atoms with Crippen molar-refractivity contribution < 1.29 is 18.0 Å². The van der Waals surface area contributed by atoms with Crippen molar-refractivity contribution in [2.75, 3.05) is 5.32 Å². The topological polar surface area (TPSA) is 92.3 Å². The average Bonchev–Trinajstić information content (AvgIpc) is 2.90. The fourth-order valence-electron chi connectivity index (χ4n) is 3.67. The van der Waals surface area contributed by atoms with Gasteiger partial charge in [0, 0.05) is 16.1 Å². The Labute approximate surface area is 215 Å². The van der Waals surface area contributed by atoms with Gasteiger partial charge in [0.25, 0.3) is 0 Å². The molecule has 0 saturated carbocycles. The van der Waals surface area contributed by atoms with Crippen LogP contribution in [0.1, 0.15) is 21.5 Å². The van der Waals surface area contributed by atoms with Crippen LogP contribution in [0.2, 0.25) is 5.02 Å². The standard InChI is InChI=1S/C28H23ClN2O4S/c29-22-16-17-25(24(19-22)27(32)21-12-6-2-7-13-21)30-28(33)26(18-20-10-4-1-5-11-20)31-36(34,35)23-14-8-3-9-15-23/h1-17,19,26,31H,18H2,(H,30,33)/t26-/m1/s1. The minimum absolute atomic E-state index is 0.0438. The molecule has 1 amide bonds. The molecular formula is C28H23ClN2O4S. The lowest BCUT2D eigenvalue weighted by Crippen LogP contribution is -2.45. The van der Waals surface area contributed by atoms with Crippen LogP contribution in [0.5, 0.6) is 0 Å². The summed E-state index contributed by atoms with van der Waals surface area (Å²) in [6.07, 6.45) is 0.105. The largest absolute Gasteiger partial charge is 0.324 e. The van der Waals surface area contributed by atoms with E-state index in [1.807, 2.05) is 30.3 Å². The number of carbonyl (C=O) groups is 2. The van der Waals surface area contributed by atoms with E-state index in [2.05, 4.69) is 10.0 Å². The second-order valence-corrected chi connectivity index (χ2v) is 10.2. The van der Waals surface area contributed by atoms with E-state index in [-0.39, 0.29) is 28.4 Å². The Morgan fingerprint density at radius 1 is 0.778 bits per heavy atom. The number of anilines is 1. The second kappa shape index (κ2) is 11.3. The minimum Gasteiger partial charge on any atom is -0.324 e. The van der Waals surface area contributed by atoms with Crippen LogP contribution in [0.25, 0.3) is 0 Å². The second-order valence-electron chi connectivity index (χ2n) is 8.05. The van der Waals surface area contributed by atoms with Crippen LogP contribution in [-0.2, 0) is 21.2 Å². The van der Waals surface area contributed by atoms with Gasteiger partial charge in [0.1, 0.15) is 6.04 Å². The van der Waals surface area contributed by atoms with E-state index in [1.54, 1.807) is 54.6 Å². The summed E-state index contributed by atoms with van der Waals surface area (Å²) >= 11 is 6.15. The molecule has 6 nitrogen and oxygen atoms in total. The zero-order chi connectivity index (χ0) is 25.5. The molecule has 1 atom stereocenters. The molecule has 182 valence electrons. The van der Waals surface area contributed by atoms with Crippen molar-refractivity contribution in [3.05, 3.63) is 131 Å². The van der Waals surface area contributed by atoms with Gasteiger partial charge in [0.2, 0.25) is 15.9 Å². The van der Waals surface area contributed by atoms with Crippen molar-refractivity contribution in [2.24, 2.45) is 0 Å². The molecule has 0 heterocycles. The van der Waals surface area contributed by atoms with Gasteiger partial charge in [-0.1, -0.05) is 90.5 Å². The highest BCUT2D eigenvalue weighted by Gasteiger charge is 2.27. The number of benzene rings is 4. The highest BCUT2D eigenvalue weighted by Crippen LogP contribution is 2.24. The molecule has 0 saturated heterocycles. The predicted molar refractivity (Wildman–Crippen MR) is 141 cm³/mol. The summed E-state index contributed by atoms with van der Waals surface area (Å²) in [4.78, 5) is 26.6. The maximum Gasteiger partial charge on any atom is 0.242 e. The molecule has 36 heavy (non-hydrogen) atoms. The maximum atomic E-state index is 13.4. The highest BCUT2D eigenvalue weighted by molar-refractivity contribution is 7.89. The lowest BCUT2D eigenvalue weighted by Gasteiger charge is -2.20. The van der Waals surface area contributed by atoms with Crippen LogP contribution in [0.15, 0.2) is 114 Å². The van der Waals surface area contributed by atoms with E-state index in [0.717, 1.165) is 5.56 Å². The third-order valence-electron chi connectivity index (χ3n) is 5.47. The number of carbonyl (C=O) groups excluding carboxylic acids is 2. The van der Waals surface area contributed by atoms with Crippen LogP contribution in [0.3, 0.4) is 0 Å². The summed E-state index contributed by atoms with van der Waals surface area (Å²) < 4.78 is 28.6. The first kappa shape index (κ1) is 25.3. The smallest absolute Gasteiger partial charge is 0.242 e. The normalized spacial score (nSPS) is 12.0. The van der Waals surface area contributed by atoms with Crippen LogP contribution in [-0.4, -0.2) is 26.2 Å². The Kier molecular flexibility index (Phi) is 7.95. The van der Waals surface area contributed by atoms with E-state index in [1.165, 1.54) is 24.3 Å². The molecule has 0 aliphatic rings. The average molecular weight is 519 g/mol. The Morgan fingerprint density at radius 2 is 1.36 bits per heavy atom. The summed E-state index contributed by atoms with van der Waals surface area (Å²) in [5, 5.41) is 3.07. The zero-order valence-electron chi connectivity index (χ0n) is 19.1. The van der Waals surface area contributed by atoms with Gasteiger partial charge in [-0.25, -0.2) is 8.42 Å². The number of ketones is 1. The lowest BCUT2D eigenvalue weighted by molar-refractivity contribution is -0.117. The molecule has 0 unspecified atom stereocenters. The van der Waals surface area contributed by atoms with Crippen molar-refractivity contribution in [3.8, 4) is 0 Å². The Hall–Kier alpha value is -3.78. The molecule has 0 fully saturated rings. The number of rotatable bonds is 9. The number of halogens is 1. The fraction of sp³-hybridized carbons (Fsp3) is 0.0714. The van der Waals surface area contributed by atoms with E-state index in [9.17, 15) is 18.0 Å². The Bertz CT molecular complexity index is 1460. The summed E-state index contributed by atoms with van der Waals surface area (Å²) in [7, 11) is -3.99. The molecule has 0 bridgehead atoms. The molecule has 0 aliphatic carbocycles. The Morgan fingerprint density at radius 3 is 2.00 bits per heavy atom. The molecule has 2 N–H and O–H groups in total. The molecule has 8 heteroatoms. The molecule has 0 aromatic heterocycles. The number of sulfonamides is 1. The number of amides is 1. The van der Waals surface area contributed by atoms with Crippen molar-refractivity contribution in [1.82, 2.24) is 4.72 Å². The highest BCUT2D eigenvalue weighted by atomic mass is 35.5. The van der Waals surface area contributed by atoms with E-state index in [4.69, 9.17) is 11.6 Å². The number of hydrogen-bond donors (Lipinski definition) is 2. The molecule has 0 aliphatic heterocycles.